The summed E-state index contributed by atoms with van der Waals surface area (Å²) >= 11 is 9.35. The normalized spacial score (nSPS) is 12.0. The smallest absolute Gasteiger partial charge is 0.244 e. The maximum atomic E-state index is 13.9. The molecule has 0 saturated carbocycles. The van der Waals surface area contributed by atoms with Crippen molar-refractivity contribution in [2.45, 2.75) is 32.4 Å². The molecule has 0 radical (unpaired) electrons. The van der Waals surface area contributed by atoms with Crippen molar-refractivity contribution in [2.75, 3.05) is 23.7 Å². The third kappa shape index (κ3) is 8.78. The van der Waals surface area contributed by atoms with Crippen LogP contribution in [0.2, 0.25) is 5.02 Å². The van der Waals surface area contributed by atoms with Crippen LogP contribution in [0.5, 0.6) is 0 Å². The van der Waals surface area contributed by atoms with Crippen LogP contribution in [0.1, 0.15) is 24.5 Å². The Kier molecular flexibility index (Phi) is 10.9. The average molecular weight is 639 g/mol. The lowest BCUT2D eigenvalue weighted by Gasteiger charge is -2.33. The van der Waals surface area contributed by atoms with Gasteiger partial charge in [0.1, 0.15) is 18.4 Å². The lowest BCUT2D eigenvalue weighted by molar-refractivity contribution is -0.140. The highest BCUT2D eigenvalue weighted by molar-refractivity contribution is 9.10. The maximum absolute atomic E-state index is 13.9. The van der Waals surface area contributed by atoms with Crippen LogP contribution >= 0.6 is 27.5 Å². The van der Waals surface area contributed by atoms with Crippen molar-refractivity contribution in [3.8, 4) is 0 Å². The van der Waals surface area contributed by atoms with E-state index < -0.39 is 34.3 Å². The van der Waals surface area contributed by atoms with Crippen LogP contribution in [0.15, 0.2) is 77.3 Å². The summed E-state index contributed by atoms with van der Waals surface area (Å²) in [5.74, 6) is -1.67. The van der Waals surface area contributed by atoms with E-state index in [1.165, 1.54) is 11.0 Å². The lowest BCUT2D eigenvalue weighted by Crippen LogP contribution is -2.53. The molecule has 0 fully saturated rings. The quantitative estimate of drug-likeness (QED) is 0.297. The minimum atomic E-state index is -3.98. The van der Waals surface area contributed by atoms with Crippen molar-refractivity contribution in [1.29, 1.82) is 0 Å². The number of nitrogens with one attached hydrogen (secondary N) is 1. The Balaban J connectivity index is 2.05. The Morgan fingerprint density at radius 2 is 1.72 bits per heavy atom. The van der Waals surface area contributed by atoms with Gasteiger partial charge in [-0.3, -0.25) is 13.9 Å². The van der Waals surface area contributed by atoms with Crippen LogP contribution < -0.4 is 9.62 Å². The number of nitrogens with zero attached hydrogens (tertiary/aromatic N) is 2. The van der Waals surface area contributed by atoms with Crippen molar-refractivity contribution in [1.82, 2.24) is 10.2 Å². The molecule has 0 aromatic heterocycles. The van der Waals surface area contributed by atoms with Gasteiger partial charge in [0.05, 0.1) is 17.0 Å². The highest BCUT2D eigenvalue weighted by Crippen LogP contribution is 2.25. The summed E-state index contributed by atoms with van der Waals surface area (Å²) in [6, 6.07) is 19.1. The SMILES string of the molecule is CCCNC(=O)C(Cc1ccccc1)N(Cc1cccc(Br)c1)C(=O)CN(c1ccc(F)c(Cl)c1)S(C)(=O)=O. The van der Waals surface area contributed by atoms with Gasteiger partial charge in [0.2, 0.25) is 21.8 Å². The number of hydrogen-bond donors (Lipinski definition) is 1. The molecule has 1 atom stereocenters. The van der Waals surface area contributed by atoms with Gasteiger partial charge in [-0.1, -0.05) is 76.9 Å². The van der Waals surface area contributed by atoms with Crippen molar-refractivity contribution in [3.05, 3.63) is 99.2 Å². The number of rotatable bonds is 12. The van der Waals surface area contributed by atoms with Crippen molar-refractivity contribution < 1.29 is 22.4 Å². The van der Waals surface area contributed by atoms with Gasteiger partial charge in [-0.2, -0.15) is 0 Å². The summed E-state index contributed by atoms with van der Waals surface area (Å²) in [7, 11) is -3.98. The number of carbonyl (C=O) groups excluding carboxylic acids is 2. The van der Waals surface area contributed by atoms with Gasteiger partial charge in [-0.25, -0.2) is 12.8 Å². The highest BCUT2D eigenvalue weighted by atomic mass is 79.9. The molecular weight excluding hydrogens is 609 g/mol. The second kappa shape index (κ2) is 13.9. The highest BCUT2D eigenvalue weighted by Gasteiger charge is 2.33. The van der Waals surface area contributed by atoms with Crippen LogP contribution in [-0.4, -0.2) is 50.5 Å². The molecule has 2 amide bonds. The van der Waals surface area contributed by atoms with Crippen molar-refractivity contribution in [3.63, 3.8) is 0 Å². The number of hydrogen-bond acceptors (Lipinski definition) is 4. The van der Waals surface area contributed by atoms with Gasteiger partial charge in [0.25, 0.3) is 0 Å². The van der Waals surface area contributed by atoms with E-state index in [1.54, 1.807) is 0 Å². The molecule has 39 heavy (non-hydrogen) atoms. The second-order valence-electron chi connectivity index (χ2n) is 9.02. The number of carbonyl (C=O) groups is 2. The summed E-state index contributed by atoms with van der Waals surface area (Å²) in [5.41, 5.74) is 1.62. The molecule has 3 aromatic rings. The monoisotopic (exact) mass is 637 g/mol. The first-order valence-electron chi connectivity index (χ1n) is 12.3. The Hall–Kier alpha value is -2.95. The zero-order valence-corrected chi connectivity index (χ0v) is 24.8. The van der Waals surface area contributed by atoms with E-state index in [-0.39, 0.29) is 29.6 Å². The van der Waals surface area contributed by atoms with Gasteiger partial charge >= 0.3 is 0 Å². The molecule has 1 N–H and O–H groups in total. The minimum absolute atomic E-state index is 0.0368. The van der Waals surface area contributed by atoms with Crippen LogP contribution in [0.3, 0.4) is 0 Å². The molecule has 7 nitrogen and oxygen atoms in total. The van der Waals surface area contributed by atoms with Gasteiger partial charge < -0.3 is 10.2 Å². The maximum Gasteiger partial charge on any atom is 0.244 e. The fourth-order valence-electron chi connectivity index (χ4n) is 4.01. The fraction of sp³-hybridized carbons (Fsp3) is 0.286. The minimum Gasteiger partial charge on any atom is -0.354 e. The number of halogens is 3. The van der Waals surface area contributed by atoms with Gasteiger partial charge in [-0.15, -0.1) is 0 Å². The van der Waals surface area contributed by atoms with E-state index in [1.807, 2.05) is 61.5 Å². The largest absolute Gasteiger partial charge is 0.354 e. The summed E-state index contributed by atoms with van der Waals surface area (Å²) in [4.78, 5) is 28.8. The molecule has 1 unspecified atom stereocenters. The van der Waals surface area contributed by atoms with E-state index in [4.69, 9.17) is 11.6 Å². The Labute approximate surface area is 242 Å². The fourth-order valence-corrected chi connectivity index (χ4v) is 5.47. The summed E-state index contributed by atoms with van der Waals surface area (Å²) in [6.07, 6.45) is 1.87. The molecule has 3 aromatic carbocycles. The Morgan fingerprint density at radius 3 is 2.33 bits per heavy atom. The lowest BCUT2D eigenvalue weighted by atomic mass is 10.0. The van der Waals surface area contributed by atoms with Gasteiger partial charge in [-0.05, 0) is 47.9 Å². The standard InChI is InChI=1S/C28H30BrClFN3O4S/c1-3-14-32-28(36)26(16-20-8-5-4-6-9-20)33(18-21-10-7-11-22(29)15-21)27(35)19-34(39(2,37)38)23-12-13-25(31)24(30)17-23/h4-13,15,17,26H,3,14,16,18-19H2,1-2H3,(H,32,36). The third-order valence-electron chi connectivity index (χ3n) is 5.93. The van der Waals surface area contributed by atoms with E-state index in [2.05, 4.69) is 21.2 Å². The third-order valence-corrected chi connectivity index (χ3v) is 7.86. The topological polar surface area (TPSA) is 86.8 Å². The van der Waals surface area contributed by atoms with E-state index in [0.29, 0.717) is 13.0 Å². The van der Waals surface area contributed by atoms with Crippen LogP contribution in [0, 0.1) is 5.82 Å². The number of amides is 2. The number of sulfonamides is 1. The van der Waals surface area contributed by atoms with Gasteiger partial charge in [0, 0.05) is 24.0 Å². The predicted octanol–water partition coefficient (Wildman–Crippen LogP) is 5.17. The van der Waals surface area contributed by atoms with E-state index >= 15 is 0 Å². The molecule has 0 heterocycles. The first kappa shape index (κ1) is 30.6. The molecular formula is C28H30BrClFN3O4S. The Morgan fingerprint density at radius 1 is 1.03 bits per heavy atom. The van der Waals surface area contributed by atoms with Crippen LogP contribution in [-0.2, 0) is 32.6 Å². The first-order chi connectivity index (χ1) is 18.5. The molecule has 3 rings (SSSR count). The number of benzene rings is 3. The first-order valence-corrected chi connectivity index (χ1v) is 15.3. The Bertz CT molecular complexity index is 1410. The molecule has 0 aliphatic carbocycles. The molecule has 0 aliphatic heterocycles. The summed E-state index contributed by atoms with van der Waals surface area (Å²) in [5, 5.41) is 2.60. The van der Waals surface area contributed by atoms with Gasteiger partial charge in [0.15, 0.2) is 0 Å². The van der Waals surface area contributed by atoms with Crippen LogP contribution in [0.25, 0.3) is 0 Å². The zero-order valence-electron chi connectivity index (χ0n) is 21.6. The molecule has 0 spiro atoms. The summed E-state index contributed by atoms with van der Waals surface area (Å²) in [6.45, 7) is 1.79. The zero-order chi connectivity index (χ0) is 28.6. The molecule has 0 bridgehead atoms. The molecule has 208 valence electrons. The van der Waals surface area contributed by atoms with Crippen LogP contribution in [0.4, 0.5) is 10.1 Å². The number of anilines is 1. The predicted molar refractivity (Wildman–Crippen MR) is 156 cm³/mol. The van der Waals surface area contributed by atoms with Crippen molar-refractivity contribution >= 4 is 55.1 Å². The van der Waals surface area contributed by atoms with Crippen molar-refractivity contribution in [2.24, 2.45) is 0 Å². The molecule has 0 saturated heterocycles. The molecule has 0 aliphatic rings. The average Bonchev–Trinajstić information content (AvgIpc) is 2.89. The second-order valence-corrected chi connectivity index (χ2v) is 12.2. The summed E-state index contributed by atoms with van der Waals surface area (Å²) < 4.78 is 41.0. The van der Waals surface area contributed by atoms with E-state index in [0.717, 1.165) is 38.3 Å². The van der Waals surface area contributed by atoms with E-state index in [9.17, 15) is 22.4 Å². The molecule has 11 heteroatoms.